The molecule has 25 heavy (non-hydrogen) atoms. The lowest BCUT2D eigenvalue weighted by Gasteiger charge is -2.52. The summed E-state index contributed by atoms with van der Waals surface area (Å²) in [5, 5.41) is 0. The van der Waals surface area contributed by atoms with Crippen LogP contribution in [0.4, 0.5) is 0 Å². The molecule has 0 unspecified atom stereocenters. The van der Waals surface area contributed by atoms with Crippen LogP contribution in [0.1, 0.15) is 47.4 Å². The zero-order chi connectivity index (χ0) is 17.2. The van der Waals surface area contributed by atoms with Crippen molar-refractivity contribution in [1.29, 1.82) is 0 Å². The molecule has 1 spiro atoms. The fourth-order valence-electron chi connectivity index (χ4n) is 5.24. The molecule has 0 N–H and O–H groups in total. The number of ketones is 1. The van der Waals surface area contributed by atoms with Gasteiger partial charge in [-0.1, -0.05) is 48.5 Å². The maximum absolute atomic E-state index is 13.1. The van der Waals surface area contributed by atoms with Crippen molar-refractivity contribution in [3.05, 3.63) is 82.9 Å². The molecule has 0 amide bonds. The molecule has 2 aromatic carbocycles. The minimum atomic E-state index is -0.709. The predicted molar refractivity (Wildman–Crippen MR) is 93.3 cm³/mol. The van der Waals surface area contributed by atoms with Gasteiger partial charge in [0.2, 0.25) is 0 Å². The Balaban J connectivity index is 1.77. The minimum Gasteiger partial charge on any atom is -0.457 e. The Morgan fingerprint density at radius 2 is 1.56 bits per heavy atom. The highest BCUT2D eigenvalue weighted by Gasteiger charge is 2.61. The first-order valence-corrected chi connectivity index (χ1v) is 8.70. The number of hydrogen-bond acceptors (Lipinski definition) is 3. The molecule has 0 radical (unpaired) electrons. The first-order valence-electron chi connectivity index (χ1n) is 8.70. The van der Waals surface area contributed by atoms with E-state index in [2.05, 4.69) is 36.4 Å². The van der Waals surface area contributed by atoms with Gasteiger partial charge in [0, 0.05) is 18.8 Å². The van der Waals surface area contributed by atoms with Gasteiger partial charge in [0.25, 0.3) is 0 Å². The van der Waals surface area contributed by atoms with E-state index in [-0.39, 0.29) is 23.6 Å². The van der Waals surface area contributed by atoms with Crippen LogP contribution >= 0.6 is 0 Å². The van der Waals surface area contributed by atoms with E-state index in [1.165, 1.54) is 29.2 Å². The van der Waals surface area contributed by atoms with Gasteiger partial charge in [-0.05, 0) is 40.8 Å². The third-order valence-electron chi connectivity index (χ3n) is 6.10. The number of allylic oxidation sites excluding steroid dienone is 1. The van der Waals surface area contributed by atoms with Gasteiger partial charge < -0.3 is 4.74 Å². The lowest BCUT2D eigenvalue weighted by molar-refractivity contribution is -0.153. The highest BCUT2D eigenvalue weighted by atomic mass is 16.5. The van der Waals surface area contributed by atoms with E-state index in [9.17, 15) is 9.59 Å². The van der Waals surface area contributed by atoms with E-state index in [4.69, 9.17) is 4.74 Å². The number of rotatable bonds is 1. The van der Waals surface area contributed by atoms with Crippen LogP contribution in [0.3, 0.4) is 0 Å². The molecule has 6 rings (SSSR count). The normalized spacial score (nSPS) is 31.1. The smallest absolute Gasteiger partial charge is 0.303 e. The average molecular weight is 330 g/mol. The second kappa shape index (κ2) is 4.92. The molecule has 0 fully saturated rings. The summed E-state index contributed by atoms with van der Waals surface area (Å²) in [7, 11) is 0. The molecular weight excluding hydrogens is 312 g/mol. The maximum atomic E-state index is 13.1. The molecule has 0 saturated heterocycles. The lowest BCUT2D eigenvalue weighted by atomic mass is 9.50. The standard InChI is InChI=1S/C22H18O3/c1-13(23)25-20-11-10-19(24)22(20)12-18-14-6-2-4-8-16(14)21(22)17-9-5-3-7-15(17)18/h2-11,18,20-21H,12H2,1H3/t18?,20-,21?,22-/m1/s1. The van der Waals surface area contributed by atoms with Gasteiger partial charge in [-0.3, -0.25) is 9.59 Å². The molecule has 3 nitrogen and oxygen atoms in total. The first kappa shape index (κ1) is 14.6. The summed E-state index contributed by atoms with van der Waals surface area (Å²) < 4.78 is 5.61. The molecule has 0 heterocycles. The van der Waals surface area contributed by atoms with Crippen molar-refractivity contribution in [1.82, 2.24) is 0 Å². The summed E-state index contributed by atoms with van der Waals surface area (Å²) in [6.45, 7) is 1.41. The van der Waals surface area contributed by atoms with Crippen molar-refractivity contribution in [2.24, 2.45) is 5.41 Å². The van der Waals surface area contributed by atoms with E-state index < -0.39 is 11.5 Å². The molecule has 4 aliphatic carbocycles. The average Bonchev–Trinajstić information content (AvgIpc) is 2.91. The number of carbonyl (C=O) groups excluding carboxylic acids is 2. The monoisotopic (exact) mass is 330 g/mol. The number of esters is 1. The van der Waals surface area contributed by atoms with Crippen molar-refractivity contribution in [2.45, 2.75) is 31.3 Å². The van der Waals surface area contributed by atoms with Crippen LogP contribution < -0.4 is 0 Å². The van der Waals surface area contributed by atoms with E-state index in [1.807, 2.05) is 12.1 Å². The predicted octanol–water partition coefficient (Wildman–Crippen LogP) is 3.72. The molecule has 2 atom stereocenters. The van der Waals surface area contributed by atoms with Crippen LogP contribution in [0.25, 0.3) is 0 Å². The van der Waals surface area contributed by atoms with E-state index in [0.717, 1.165) is 0 Å². The largest absolute Gasteiger partial charge is 0.457 e. The van der Waals surface area contributed by atoms with Gasteiger partial charge in [-0.2, -0.15) is 0 Å². The Kier molecular flexibility index (Phi) is 2.88. The van der Waals surface area contributed by atoms with Crippen molar-refractivity contribution in [3.63, 3.8) is 0 Å². The highest BCUT2D eigenvalue weighted by molar-refractivity contribution is 6.01. The molecule has 2 bridgehead atoms. The van der Waals surface area contributed by atoms with Gasteiger partial charge in [0.05, 0.1) is 5.41 Å². The quantitative estimate of drug-likeness (QED) is 0.749. The lowest BCUT2D eigenvalue weighted by Crippen LogP contribution is -2.51. The molecular formula is C22H18O3. The van der Waals surface area contributed by atoms with Gasteiger partial charge in [-0.15, -0.1) is 0 Å². The maximum Gasteiger partial charge on any atom is 0.303 e. The minimum absolute atomic E-state index is 0.0725. The van der Waals surface area contributed by atoms with Crippen molar-refractivity contribution < 1.29 is 14.3 Å². The zero-order valence-electron chi connectivity index (χ0n) is 13.9. The summed E-state index contributed by atoms with van der Waals surface area (Å²) in [6.07, 6.45) is 3.58. The van der Waals surface area contributed by atoms with Gasteiger partial charge in [0.1, 0.15) is 6.10 Å². The number of carbonyl (C=O) groups is 2. The summed E-state index contributed by atoms with van der Waals surface area (Å²) in [5.74, 6) is -0.166. The topological polar surface area (TPSA) is 43.4 Å². The second-order valence-corrected chi connectivity index (χ2v) is 7.24. The van der Waals surface area contributed by atoms with Crippen molar-refractivity contribution in [3.8, 4) is 0 Å². The van der Waals surface area contributed by atoms with Crippen LogP contribution in [0.15, 0.2) is 60.7 Å². The molecule has 4 aliphatic rings. The van der Waals surface area contributed by atoms with E-state index in [1.54, 1.807) is 12.2 Å². The number of benzene rings is 2. The van der Waals surface area contributed by atoms with Gasteiger partial charge >= 0.3 is 5.97 Å². The summed E-state index contributed by atoms with van der Waals surface area (Å²) in [4.78, 5) is 24.7. The molecule has 0 aromatic heterocycles. The van der Waals surface area contributed by atoms with Crippen molar-refractivity contribution >= 4 is 11.8 Å². The van der Waals surface area contributed by atoms with Crippen molar-refractivity contribution in [2.75, 3.05) is 0 Å². The second-order valence-electron chi connectivity index (χ2n) is 7.24. The zero-order valence-corrected chi connectivity index (χ0v) is 13.9. The fraction of sp³-hybridized carbons (Fsp3) is 0.273. The van der Waals surface area contributed by atoms with Crippen LogP contribution in [0, 0.1) is 5.41 Å². The Hall–Kier alpha value is -2.68. The van der Waals surface area contributed by atoms with Gasteiger partial charge in [0.15, 0.2) is 5.78 Å². The highest BCUT2D eigenvalue weighted by Crippen LogP contribution is 2.64. The molecule has 124 valence electrons. The summed E-state index contributed by atoms with van der Waals surface area (Å²) in [6, 6.07) is 16.8. The SMILES string of the molecule is CC(=O)O[C@@H]1C=CC(=O)[C@]12CC1c3ccccc3C2c2ccccc21. The third kappa shape index (κ3) is 1.76. The molecule has 2 aromatic rings. The van der Waals surface area contributed by atoms with Crippen LogP contribution in [-0.2, 0) is 14.3 Å². The first-order chi connectivity index (χ1) is 12.1. The molecule has 0 aliphatic heterocycles. The van der Waals surface area contributed by atoms with Gasteiger partial charge in [-0.25, -0.2) is 0 Å². The Bertz CT molecular complexity index is 894. The van der Waals surface area contributed by atoms with Crippen LogP contribution in [0.5, 0.6) is 0 Å². The Labute approximate surface area is 146 Å². The van der Waals surface area contributed by atoms with E-state index >= 15 is 0 Å². The van der Waals surface area contributed by atoms with E-state index in [0.29, 0.717) is 6.42 Å². The molecule has 0 saturated carbocycles. The number of hydrogen-bond donors (Lipinski definition) is 0. The Morgan fingerprint density at radius 3 is 2.12 bits per heavy atom. The summed E-state index contributed by atoms with van der Waals surface area (Å²) >= 11 is 0. The van der Waals surface area contributed by atoms with Crippen LogP contribution in [0.2, 0.25) is 0 Å². The molecule has 3 heteroatoms. The fourth-order valence-corrected chi connectivity index (χ4v) is 5.24. The third-order valence-corrected chi connectivity index (χ3v) is 6.10. The number of ether oxygens (including phenoxy) is 1. The Morgan fingerprint density at radius 1 is 1.00 bits per heavy atom. The van der Waals surface area contributed by atoms with Crippen LogP contribution in [-0.4, -0.2) is 17.9 Å². The summed E-state index contributed by atoms with van der Waals surface area (Å²) in [5.41, 5.74) is 4.30.